The van der Waals surface area contributed by atoms with Gasteiger partial charge in [0.05, 0.1) is 23.5 Å². The Kier molecular flexibility index (Phi) is 7.30. The lowest BCUT2D eigenvalue weighted by Gasteiger charge is -2.34. The molecule has 1 saturated heterocycles. The number of nitrogens with zero attached hydrogens (tertiary/aromatic N) is 5. The summed E-state index contributed by atoms with van der Waals surface area (Å²) in [6, 6.07) is 7.95. The smallest absolute Gasteiger partial charge is 0.256 e. The molecule has 3 heterocycles. The number of hydrogen-bond donors (Lipinski definition) is 1. The van der Waals surface area contributed by atoms with Crippen LogP contribution in [0.5, 0.6) is 0 Å². The summed E-state index contributed by atoms with van der Waals surface area (Å²) >= 11 is 0. The highest BCUT2D eigenvalue weighted by Gasteiger charge is 2.26. The molecular formula is C25H27F3N6O. The van der Waals surface area contributed by atoms with Crippen molar-refractivity contribution >= 4 is 11.7 Å². The summed E-state index contributed by atoms with van der Waals surface area (Å²) in [6.45, 7) is 4.68. The van der Waals surface area contributed by atoms with Gasteiger partial charge >= 0.3 is 0 Å². The molecule has 2 aromatic heterocycles. The third-order valence-electron chi connectivity index (χ3n) is 6.17. The number of aromatic nitrogens is 3. The number of aryl methyl sites for hydroxylation is 2. The number of carbonyl (C=O) groups excluding carboxylic acids is 1. The molecule has 2 N–H and O–H groups in total. The van der Waals surface area contributed by atoms with Gasteiger partial charge in [0.1, 0.15) is 18.0 Å². The molecule has 10 heteroatoms. The molecule has 1 aromatic carbocycles. The average Bonchev–Trinajstić information content (AvgIpc) is 2.83. The van der Waals surface area contributed by atoms with E-state index in [9.17, 15) is 13.6 Å². The number of amides is 1. The van der Waals surface area contributed by atoms with Crippen LogP contribution in [0.4, 0.5) is 19.0 Å². The zero-order valence-electron chi connectivity index (χ0n) is 19.6. The van der Waals surface area contributed by atoms with Gasteiger partial charge in [0, 0.05) is 48.6 Å². The molecule has 3 aromatic rings. The Labute approximate surface area is 201 Å². The van der Waals surface area contributed by atoms with Crippen LogP contribution in [0.3, 0.4) is 0 Å². The monoisotopic (exact) mass is 484 g/mol. The standard InChI is InChI=1S/C25H27F3N6O/c1-3-20-23(17-6-7-22(29)32-15(17)2)24(31-14-30-20)16-4-5-18(19(26)12-16)25(35)34-10-8-33(9-11-34)13-21(27)28/h4-7,12,14,21H,3,8-11,13H2,1-2H3,(H2,29,32). The van der Waals surface area contributed by atoms with E-state index in [-0.39, 0.29) is 25.2 Å². The Bertz CT molecular complexity index is 1230. The number of carbonyl (C=O) groups is 1. The fourth-order valence-corrected chi connectivity index (χ4v) is 4.37. The zero-order chi connectivity index (χ0) is 25.1. The van der Waals surface area contributed by atoms with Gasteiger partial charge in [-0.1, -0.05) is 13.0 Å². The average molecular weight is 485 g/mol. The maximum absolute atomic E-state index is 15.2. The second-order valence-electron chi connectivity index (χ2n) is 8.45. The van der Waals surface area contributed by atoms with Gasteiger partial charge < -0.3 is 10.6 Å². The third kappa shape index (κ3) is 5.27. The highest BCUT2D eigenvalue weighted by Crippen LogP contribution is 2.35. The van der Waals surface area contributed by atoms with Crippen LogP contribution < -0.4 is 5.73 Å². The minimum absolute atomic E-state index is 0.0623. The molecule has 7 nitrogen and oxygen atoms in total. The lowest BCUT2D eigenvalue weighted by atomic mass is 9.95. The van der Waals surface area contributed by atoms with E-state index in [4.69, 9.17) is 5.73 Å². The fourth-order valence-electron chi connectivity index (χ4n) is 4.37. The van der Waals surface area contributed by atoms with Crippen LogP contribution in [0.15, 0.2) is 36.7 Å². The Balaban J connectivity index is 1.64. The Morgan fingerprint density at radius 2 is 1.86 bits per heavy atom. The minimum atomic E-state index is -2.42. The molecule has 0 bridgehead atoms. The molecule has 0 aliphatic carbocycles. The first-order chi connectivity index (χ1) is 16.8. The van der Waals surface area contributed by atoms with Crippen LogP contribution in [0, 0.1) is 12.7 Å². The van der Waals surface area contributed by atoms with Crippen molar-refractivity contribution < 1.29 is 18.0 Å². The van der Waals surface area contributed by atoms with Crippen molar-refractivity contribution in [2.45, 2.75) is 26.7 Å². The van der Waals surface area contributed by atoms with E-state index < -0.39 is 18.1 Å². The van der Waals surface area contributed by atoms with Crippen LogP contribution in [0.1, 0.15) is 28.7 Å². The van der Waals surface area contributed by atoms with Crippen LogP contribution in [0.2, 0.25) is 0 Å². The topological polar surface area (TPSA) is 88.2 Å². The maximum Gasteiger partial charge on any atom is 0.256 e. The van der Waals surface area contributed by atoms with E-state index in [1.165, 1.54) is 23.4 Å². The molecule has 35 heavy (non-hydrogen) atoms. The van der Waals surface area contributed by atoms with Crippen molar-refractivity contribution in [1.82, 2.24) is 24.8 Å². The summed E-state index contributed by atoms with van der Waals surface area (Å²) in [5.74, 6) is -0.731. The summed E-state index contributed by atoms with van der Waals surface area (Å²) in [4.78, 5) is 29.2. The molecule has 0 spiro atoms. The van der Waals surface area contributed by atoms with E-state index in [0.717, 1.165) is 16.8 Å². The Morgan fingerprint density at radius 3 is 2.49 bits per heavy atom. The molecular weight excluding hydrogens is 457 g/mol. The molecule has 0 unspecified atom stereocenters. The van der Waals surface area contributed by atoms with Gasteiger partial charge in [-0.05, 0) is 37.6 Å². The molecule has 1 fully saturated rings. The number of halogens is 3. The van der Waals surface area contributed by atoms with Crippen molar-refractivity contribution in [2.24, 2.45) is 0 Å². The number of pyridine rings is 1. The Morgan fingerprint density at radius 1 is 1.11 bits per heavy atom. The maximum atomic E-state index is 15.2. The second-order valence-corrected chi connectivity index (χ2v) is 8.45. The number of anilines is 1. The zero-order valence-corrected chi connectivity index (χ0v) is 19.6. The highest BCUT2D eigenvalue weighted by atomic mass is 19.3. The molecule has 0 atom stereocenters. The largest absolute Gasteiger partial charge is 0.384 e. The lowest BCUT2D eigenvalue weighted by Crippen LogP contribution is -2.49. The van der Waals surface area contributed by atoms with E-state index in [2.05, 4.69) is 15.0 Å². The van der Waals surface area contributed by atoms with Crippen molar-refractivity contribution in [3.05, 3.63) is 59.4 Å². The minimum Gasteiger partial charge on any atom is -0.384 e. The van der Waals surface area contributed by atoms with Gasteiger partial charge in [0.2, 0.25) is 0 Å². The number of piperazine rings is 1. The SMILES string of the molecule is CCc1ncnc(-c2ccc(C(=O)N3CCN(CC(F)F)CC3)c(F)c2)c1-c1ccc(N)nc1C. The van der Waals surface area contributed by atoms with Crippen molar-refractivity contribution in [3.8, 4) is 22.4 Å². The van der Waals surface area contributed by atoms with E-state index in [1.54, 1.807) is 17.0 Å². The number of benzene rings is 1. The first kappa shape index (κ1) is 24.6. The summed E-state index contributed by atoms with van der Waals surface area (Å²) in [5.41, 5.74) is 9.82. The van der Waals surface area contributed by atoms with Crippen LogP contribution in [-0.2, 0) is 6.42 Å². The molecule has 0 radical (unpaired) electrons. The number of rotatable bonds is 6. The van der Waals surface area contributed by atoms with Crippen LogP contribution >= 0.6 is 0 Å². The van der Waals surface area contributed by atoms with Gasteiger partial charge in [-0.25, -0.2) is 28.1 Å². The summed E-state index contributed by atoms with van der Waals surface area (Å²) in [7, 11) is 0. The third-order valence-corrected chi connectivity index (χ3v) is 6.17. The number of hydrogen-bond acceptors (Lipinski definition) is 6. The van der Waals surface area contributed by atoms with Crippen molar-refractivity contribution in [2.75, 3.05) is 38.5 Å². The lowest BCUT2D eigenvalue weighted by molar-refractivity contribution is 0.0456. The van der Waals surface area contributed by atoms with E-state index in [0.29, 0.717) is 42.3 Å². The molecule has 1 amide bonds. The fraction of sp³-hybridized carbons (Fsp3) is 0.360. The molecule has 4 rings (SSSR count). The van der Waals surface area contributed by atoms with Crippen molar-refractivity contribution in [1.29, 1.82) is 0 Å². The first-order valence-corrected chi connectivity index (χ1v) is 11.5. The van der Waals surface area contributed by atoms with Gasteiger partial charge in [0.25, 0.3) is 12.3 Å². The molecule has 184 valence electrons. The predicted octanol–water partition coefficient (Wildman–Crippen LogP) is 3.82. The molecule has 1 aliphatic heterocycles. The van der Waals surface area contributed by atoms with Gasteiger partial charge in [-0.3, -0.25) is 9.69 Å². The molecule has 1 aliphatic rings. The Hall–Kier alpha value is -3.53. The number of nitrogen functional groups attached to an aromatic ring is 1. The summed E-state index contributed by atoms with van der Waals surface area (Å²) < 4.78 is 40.4. The number of alkyl halides is 2. The predicted molar refractivity (Wildman–Crippen MR) is 128 cm³/mol. The quantitative estimate of drug-likeness (QED) is 0.572. The van der Waals surface area contributed by atoms with Gasteiger partial charge in [0.15, 0.2) is 0 Å². The summed E-state index contributed by atoms with van der Waals surface area (Å²) in [6.07, 6.45) is -0.353. The van der Waals surface area contributed by atoms with Crippen molar-refractivity contribution in [3.63, 3.8) is 0 Å². The second kappa shape index (κ2) is 10.4. The highest BCUT2D eigenvalue weighted by molar-refractivity contribution is 5.95. The molecule has 0 saturated carbocycles. The van der Waals surface area contributed by atoms with Gasteiger partial charge in [-0.2, -0.15) is 0 Å². The first-order valence-electron chi connectivity index (χ1n) is 11.5. The number of nitrogens with two attached hydrogens (primary N) is 1. The van der Waals surface area contributed by atoms with Gasteiger partial charge in [-0.15, -0.1) is 0 Å². The van der Waals surface area contributed by atoms with E-state index >= 15 is 4.39 Å². The summed E-state index contributed by atoms with van der Waals surface area (Å²) in [5, 5.41) is 0. The van der Waals surface area contributed by atoms with E-state index in [1.807, 2.05) is 19.9 Å². The van der Waals surface area contributed by atoms with Crippen LogP contribution in [0.25, 0.3) is 22.4 Å². The normalized spacial score (nSPS) is 14.5. The van der Waals surface area contributed by atoms with Crippen LogP contribution in [-0.4, -0.2) is 69.8 Å².